The lowest BCUT2D eigenvalue weighted by molar-refractivity contribution is -0.146. The first kappa shape index (κ1) is 41.8. The number of halogens is 2. The lowest BCUT2D eigenvalue weighted by Gasteiger charge is -2.22. The molecule has 10 nitrogen and oxygen atoms in total. The fourth-order valence-electron chi connectivity index (χ4n) is 5.62. The first-order valence-corrected chi connectivity index (χ1v) is 18.1. The van der Waals surface area contributed by atoms with E-state index < -0.39 is 36.1 Å². The van der Waals surface area contributed by atoms with Crippen molar-refractivity contribution in [3.63, 3.8) is 0 Å². The van der Waals surface area contributed by atoms with Crippen molar-refractivity contribution in [2.75, 3.05) is 27.3 Å². The second-order valence-corrected chi connectivity index (χ2v) is 13.6. The lowest BCUT2D eigenvalue weighted by Crippen LogP contribution is -2.33. The summed E-state index contributed by atoms with van der Waals surface area (Å²) in [4.78, 5) is 49.7. The van der Waals surface area contributed by atoms with Crippen molar-refractivity contribution in [2.45, 2.75) is 51.0 Å². The third-order valence-corrected chi connectivity index (χ3v) is 8.92. The number of hydrogen-bond donors (Lipinski definition) is 2. The van der Waals surface area contributed by atoms with Crippen LogP contribution >= 0.6 is 23.2 Å². The highest BCUT2D eigenvalue weighted by Gasteiger charge is 2.20. The fourth-order valence-corrected chi connectivity index (χ4v) is 6.02. The smallest absolute Gasteiger partial charge is 0.337 e. The van der Waals surface area contributed by atoms with Crippen molar-refractivity contribution in [2.24, 2.45) is 0 Å². The van der Waals surface area contributed by atoms with E-state index >= 15 is 0 Å². The third kappa shape index (κ3) is 13.4. The Hall–Kier alpha value is -5.00. The van der Waals surface area contributed by atoms with E-state index in [9.17, 15) is 19.2 Å². The largest absolute Gasteiger partial charge is 0.465 e. The van der Waals surface area contributed by atoms with Gasteiger partial charge in [-0.15, -0.1) is 0 Å². The fraction of sp³-hybridized carbons (Fsp3) is 0.286. The minimum absolute atomic E-state index is 0.0215. The van der Waals surface area contributed by atoms with Gasteiger partial charge in [-0.3, -0.25) is 0 Å². The molecule has 0 bridgehead atoms. The molecule has 4 aromatic rings. The maximum Gasteiger partial charge on any atom is 0.337 e. The van der Waals surface area contributed by atoms with Crippen molar-refractivity contribution in [1.82, 2.24) is 10.6 Å². The number of nitrogens with one attached hydrogen (secondary N) is 2. The molecule has 0 aliphatic carbocycles. The Morgan fingerprint density at radius 1 is 0.593 bits per heavy atom. The van der Waals surface area contributed by atoms with E-state index in [1.807, 2.05) is 38.1 Å². The summed E-state index contributed by atoms with van der Waals surface area (Å²) in [5.41, 5.74) is 4.30. The molecule has 4 unspecified atom stereocenters. The number of ether oxygens (including phenoxy) is 4. The van der Waals surface area contributed by atoms with Gasteiger partial charge in [0, 0.05) is 47.4 Å². The molecule has 0 aliphatic heterocycles. The van der Waals surface area contributed by atoms with Crippen LogP contribution in [0.5, 0.6) is 0 Å². The van der Waals surface area contributed by atoms with Crippen LogP contribution in [0.15, 0.2) is 109 Å². The van der Waals surface area contributed by atoms with Crippen LogP contribution in [-0.2, 0) is 41.4 Å². The molecular formula is C42H44Cl2N2O8. The zero-order valence-electron chi connectivity index (χ0n) is 30.6. The molecule has 284 valence electrons. The topological polar surface area (TPSA) is 129 Å². The summed E-state index contributed by atoms with van der Waals surface area (Å²) in [5.74, 6) is -2.28. The van der Waals surface area contributed by atoms with Crippen LogP contribution in [0, 0.1) is 0 Å². The van der Waals surface area contributed by atoms with Gasteiger partial charge in [-0.25, -0.2) is 19.2 Å². The summed E-state index contributed by atoms with van der Waals surface area (Å²) in [6.45, 7) is 4.52. The highest BCUT2D eigenvalue weighted by molar-refractivity contribution is 6.30. The zero-order valence-corrected chi connectivity index (χ0v) is 32.1. The normalized spacial score (nSPS) is 13.4. The zero-order chi connectivity index (χ0) is 39.0. The molecule has 12 heteroatoms. The number of rotatable bonds is 18. The predicted octanol–water partition coefficient (Wildman–Crippen LogP) is 7.43. The van der Waals surface area contributed by atoms with E-state index in [-0.39, 0.29) is 25.2 Å². The van der Waals surface area contributed by atoms with Gasteiger partial charge >= 0.3 is 23.9 Å². The van der Waals surface area contributed by atoms with Gasteiger partial charge < -0.3 is 29.6 Å². The second kappa shape index (κ2) is 21.0. The Labute approximate surface area is 325 Å². The van der Waals surface area contributed by atoms with Gasteiger partial charge in [-0.2, -0.15) is 0 Å². The molecule has 4 rings (SSSR count). The third-order valence-electron chi connectivity index (χ3n) is 8.45. The maximum atomic E-state index is 13.1. The van der Waals surface area contributed by atoms with Gasteiger partial charge in [-0.05, 0) is 97.5 Å². The average Bonchev–Trinajstić information content (AvgIpc) is 3.17. The Kier molecular flexibility index (Phi) is 16.3. The Morgan fingerprint density at radius 3 is 1.30 bits per heavy atom. The molecule has 54 heavy (non-hydrogen) atoms. The maximum absolute atomic E-state index is 13.1. The molecule has 2 N–H and O–H groups in total. The molecule has 0 amide bonds. The molecule has 4 atom stereocenters. The van der Waals surface area contributed by atoms with E-state index in [4.69, 9.17) is 42.1 Å². The van der Waals surface area contributed by atoms with Gasteiger partial charge in [0.1, 0.15) is 12.2 Å². The number of benzene rings is 4. The predicted molar refractivity (Wildman–Crippen MR) is 208 cm³/mol. The monoisotopic (exact) mass is 774 g/mol. The van der Waals surface area contributed by atoms with Gasteiger partial charge in [0.2, 0.25) is 0 Å². The van der Waals surface area contributed by atoms with Crippen LogP contribution < -0.4 is 10.6 Å². The van der Waals surface area contributed by atoms with Crippen LogP contribution in [0.2, 0.25) is 10.0 Å². The summed E-state index contributed by atoms with van der Waals surface area (Å²) in [5, 5.41) is 7.77. The molecule has 0 fully saturated rings. The Bertz CT molecular complexity index is 1760. The summed E-state index contributed by atoms with van der Waals surface area (Å²) >= 11 is 12.5. The molecular weight excluding hydrogens is 731 g/mol. The summed E-state index contributed by atoms with van der Waals surface area (Å²) in [7, 11) is 2.68. The van der Waals surface area contributed by atoms with E-state index in [0.717, 1.165) is 23.3 Å². The average molecular weight is 776 g/mol. The molecule has 0 aliphatic rings. The van der Waals surface area contributed by atoms with Crippen molar-refractivity contribution in [1.29, 1.82) is 0 Å². The van der Waals surface area contributed by atoms with E-state index in [1.54, 1.807) is 72.8 Å². The number of esters is 4. The summed E-state index contributed by atoms with van der Waals surface area (Å²) in [6, 6.07) is 28.3. The summed E-state index contributed by atoms with van der Waals surface area (Å²) in [6.07, 6.45) is 1.93. The van der Waals surface area contributed by atoms with Crippen molar-refractivity contribution in [3.05, 3.63) is 153 Å². The molecule has 4 aromatic carbocycles. The molecule has 0 spiro atoms. The van der Waals surface area contributed by atoms with Gasteiger partial charge in [0.25, 0.3) is 0 Å². The van der Waals surface area contributed by atoms with Crippen LogP contribution in [0.1, 0.15) is 69.0 Å². The minimum atomic E-state index is -0.742. The second-order valence-electron chi connectivity index (χ2n) is 12.7. The lowest BCUT2D eigenvalue weighted by atomic mass is 10.0. The number of methoxy groups -OCH3 is 2. The molecule has 0 heterocycles. The number of hydrogen-bond acceptors (Lipinski definition) is 10. The first-order valence-electron chi connectivity index (χ1n) is 17.4. The van der Waals surface area contributed by atoms with Crippen molar-refractivity contribution < 1.29 is 38.1 Å². The van der Waals surface area contributed by atoms with E-state index in [2.05, 4.69) is 10.6 Å². The number of carbonyl (C=O) groups is 4. The van der Waals surface area contributed by atoms with Crippen LogP contribution in [0.25, 0.3) is 0 Å². The molecule has 0 aromatic heterocycles. The number of carbonyl (C=O) groups excluding carboxylic acids is 4. The summed E-state index contributed by atoms with van der Waals surface area (Å²) < 4.78 is 21.1. The molecule has 0 saturated heterocycles. The van der Waals surface area contributed by atoms with Gasteiger partial charge in [0.15, 0.2) is 0 Å². The van der Waals surface area contributed by atoms with Crippen LogP contribution in [-0.4, -0.2) is 63.3 Å². The SMILES string of the molecule is COC(=O)c1ccc(CC(C)NCC(OC(=O)/C=C/C(=O)OC(CNC(C)Cc2ccc(C(=O)OC)cc2)c2cccc(Cl)c2)c2cccc(Cl)c2)cc1. The highest BCUT2D eigenvalue weighted by atomic mass is 35.5. The van der Waals surface area contributed by atoms with E-state index in [0.29, 0.717) is 45.1 Å². The van der Waals surface area contributed by atoms with E-state index in [1.165, 1.54) is 14.2 Å². The minimum Gasteiger partial charge on any atom is -0.465 e. The molecule has 0 radical (unpaired) electrons. The Balaban J connectivity index is 1.36. The first-order chi connectivity index (χ1) is 25.9. The quantitative estimate of drug-likeness (QED) is 0.0598. The van der Waals surface area contributed by atoms with Gasteiger partial charge in [0.05, 0.1) is 25.3 Å². The molecule has 0 saturated carbocycles. The van der Waals surface area contributed by atoms with Crippen molar-refractivity contribution >= 4 is 47.1 Å². The van der Waals surface area contributed by atoms with Crippen molar-refractivity contribution in [3.8, 4) is 0 Å². The van der Waals surface area contributed by atoms with Crippen LogP contribution in [0.4, 0.5) is 0 Å². The Morgan fingerprint density at radius 2 is 0.963 bits per heavy atom. The van der Waals surface area contributed by atoms with Gasteiger partial charge in [-0.1, -0.05) is 71.7 Å². The standard InChI is InChI=1S/C42H44Cl2N2O8/c1-27(21-29-11-15-31(16-12-29)41(49)51-3)45-25-37(33-7-5-9-35(43)23-33)53-39(47)19-20-40(48)54-38(34-8-6-10-36(44)24-34)26-46-28(2)22-30-13-17-32(18-14-30)42(50)52-4/h5-20,23-24,27-28,37-38,45-46H,21-22,25-26H2,1-4H3/b20-19+. The highest BCUT2D eigenvalue weighted by Crippen LogP contribution is 2.23. The van der Waals surface area contributed by atoms with Crippen LogP contribution in [0.3, 0.4) is 0 Å².